The Hall–Kier alpha value is -4.64. The summed E-state index contributed by atoms with van der Waals surface area (Å²) in [7, 11) is 1.99. The summed E-state index contributed by atoms with van der Waals surface area (Å²) in [6.07, 6.45) is 5.74. The normalized spacial score (nSPS) is 17.9. The lowest BCUT2D eigenvalue weighted by Crippen LogP contribution is -2.34. The van der Waals surface area contributed by atoms with E-state index < -0.39 is 11.7 Å². The molecule has 2 aliphatic heterocycles. The molecule has 3 aromatic rings. The van der Waals surface area contributed by atoms with Gasteiger partial charge in [-0.15, -0.1) is 0 Å². The number of rotatable bonds is 7. The van der Waals surface area contributed by atoms with Gasteiger partial charge < -0.3 is 24.9 Å². The van der Waals surface area contributed by atoms with Crippen molar-refractivity contribution in [2.45, 2.75) is 65.1 Å². The molecule has 6 rings (SSSR count). The number of nitrogens with one attached hydrogen (secondary N) is 4. The number of benzene rings is 1. The minimum atomic E-state index is -0.647. The van der Waals surface area contributed by atoms with Gasteiger partial charge in [-0.3, -0.25) is 14.9 Å². The molecule has 1 fully saturated rings. The van der Waals surface area contributed by atoms with Crippen LogP contribution >= 0.6 is 0 Å². The molecule has 1 atom stereocenters. The number of aromatic nitrogens is 2. The first kappa shape index (κ1) is 29.4. The van der Waals surface area contributed by atoms with E-state index in [4.69, 9.17) is 4.74 Å². The van der Waals surface area contributed by atoms with E-state index in [9.17, 15) is 14.4 Å². The largest absolute Gasteiger partial charge is 0.444 e. The van der Waals surface area contributed by atoms with Gasteiger partial charge >= 0.3 is 6.09 Å². The van der Waals surface area contributed by atoms with Crippen molar-refractivity contribution in [2.75, 3.05) is 24.2 Å². The highest BCUT2D eigenvalue weighted by Gasteiger charge is 2.33. The number of pyridine rings is 1. The van der Waals surface area contributed by atoms with E-state index in [1.54, 1.807) is 12.3 Å². The fourth-order valence-corrected chi connectivity index (χ4v) is 5.85. The van der Waals surface area contributed by atoms with Crippen LogP contribution < -0.4 is 21.4 Å². The summed E-state index contributed by atoms with van der Waals surface area (Å²) < 4.78 is 7.68. The summed E-state index contributed by atoms with van der Waals surface area (Å²) in [6, 6.07) is 11.4. The quantitative estimate of drug-likeness (QED) is 0.304. The molecular weight excluding hydrogens is 558 g/mol. The van der Waals surface area contributed by atoms with Gasteiger partial charge in [-0.1, -0.05) is 12.1 Å². The zero-order valence-corrected chi connectivity index (χ0v) is 25.8. The Kier molecular flexibility index (Phi) is 7.66. The Balaban J connectivity index is 1.51. The highest BCUT2D eigenvalue weighted by atomic mass is 16.6. The number of carbonyl (C=O) groups excluding carboxylic acids is 3. The first-order chi connectivity index (χ1) is 21.0. The maximum Gasteiger partial charge on any atom is 0.412 e. The van der Waals surface area contributed by atoms with Gasteiger partial charge in [0.1, 0.15) is 11.4 Å². The number of hydrazine groups is 1. The van der Waals surface area contributed by atoms with Gasteiger partial charge in [0.2, 0.25) is 5.91 Å². The molecule has 2 aromatic heterocycles. The monoisotopic (exact) mass is 597 g/mol. The maximum atomic E-state index is 13.6. The average Bonchev–Trinajstić information content (AvgIpc) is 3.68. The molecule has 3 amide bonds. The first-order valence-electron chi connectivity index (χ1n) is 15.1. The van der Waals surface area contributed by atoms with Gasteiger partial charge in [-0.2, -0.15) is 0 Å². The van der Waals surface area contributed by atoms with Crippen LogP contribution in [0.2, 0.25) is 0 Å². The van der Waals surface area contributed by atoms with E-state index in [0.717, 1.165) is 46.6 Å². The Morgan fingerprint density at radius 1 is 1.09 bits per heavy atom. The third-order valence-corrected chi connectivity index (χ3v) is 7.87. The van der Waals surface area contributed by atoms with Gasteiger partial charge in [0, 0.05) is 66.4 Å². The maximum absolute atomic E-state index is 13.6. The van der Waals surface area contributed by atoms with Crippen molar-refractivity contribution in [1.82, 2.24) is 25.3 Å². The molecule has 4 N–H and O–H groups in total. The number of amides is 3. The smallest absolute Gasteiger partial charge is 0.412 e. The number of anilines is 2. The molecule has 1 aliphatic carbocycles. The predicted octanol–water partition coefficient (Wildman–Crippen LogP) is 4.92. The van der Waals surface area contributed by atoms with E-state index in [-0.39, 0.29) is 23.8 Å². The van der Waals surface area contributed by atoms with Gasteiger partial charge in [0.25, 0.3) is 5.91 Å². The molecule has 1 saturated carbocycles. The number of hydrogen-bond acceptors (Lipinski definition) is 7. The first-order valence-corrected chi connectivity index (χ1v) is 15.1. The van der Waals surface area contributed by atoms with Gasteiger partial charge in [0.15, 0.2) is 0 Å². The number of allylic oxidation sites excluding steroid dienone is 1. The number of nitrogens with zero attached hydrogens (tertiary/aromatic N) is 3. The molecule has 230 valence electrons. The van der Waals surface area contributed by atoms with Gasteiger partial charge in [-0.05, 0) is 76.4 Å². The SMILES string of the molecule is CC1C=C(Cn2c3c(c(-c4cccc(NC(=O)OC(C)(C)C)c4)c2-c2ccnc(NC(=O)C4CC4)c2)C(=O)NCC3)N(C)N1. The zero-order chi connectivity index (χ0) is 31.2. The number of ether oxygens (including phenoxy) is 1. The second kappa shape index (κ2) is 11.5. The van der Waals surface area contributed by atoms with Crippen LogP contribution in [0.4, 0.5) is 16.3 Å². The molecule has 0 radical (unpaired) electrons. The lowest BCUT2D eigenvalue weighted by atomic mass is 9.94. The van der Waals surface area contributed by atoms with Crippen LogP contribution in [-0.2, 0) is 22.5 Å². The molecule has 0 spiro atoms. The summed E-state index contributed by atoms with van der Waals surface area (Å²) in [5.74, 6) is 0.328. The summed E-state index contributed by atoms with van der Waals surface area (Å²) in [6.45, 7) is 8.58. The third-order valence-electron chi connectivity index (χ3n) is 7.87. The molecule has 11 heteroatoms. The Labute approximate surface area is 257 Å². The van der Waals surface area contributed by atoms with E-state index in [0.29, 0.717) is 36.6 Å². The predicted molar refractivity (Wildman–Crippen MR) is 169 cm³/mol. The summed E-state index contributed by atoms with van der Waals surface area (Å²) in [5, 5.41) is 10.8. The fraction of sp³-hybridized carbons (Fsp3) is 0.394. The summed E-state index contributed by atoms with van der Waals surface area (Å²) >= 11 is 0. The lowest BCUT2D eigenvalue weighted by molar-refractivity contribution is -0.117. The summed E-state index contributed by atoms with van der Waals surface area (Å²) in [5.41, 5.74) is 9.07. The van der Waals surface area contributed by atoms with E-state index in [1.807, 2.05) is 63.2 Å². The minimum absolute atomic E-state index is 0.0253. The molecule has 3 aliphatic rings. The minimum Gasteiger partial charge on any atom is -0.444 e. The second-order valence-corrected chi connectivity index (χ2v) is 12.7. The second-order valence-electron chi connectivity index (χ2n) is 12.7. The zero-order valence-electron chi connectivity index (χ0n) is 25.8. The third kappa shape index (κ3) is 6.19. The lowest BCUT2D eigenvalue weighted by Gasteiger charge is -2.22. The van der Waals surface area contributed by atoms with Crippen molar-refractivity contribution >= 4 is 29.4 Å². The topological polar surface area (TPSA) is 130 Å². The highest BCUT2D eigenvalue weighted by Crippen LogP contribution is 2.42. The molecule has 11 nitrogen and oxygen atoms in total. The van der Waals surface area contributed by atoms with Crippen LogP contribution in [0.5, 0.6) is 0 Å². The molecule has 1 aromatic carbocycles. The number of hydrogen-bond donors (Lipinski definition) is 4. The van der Waals surface area contributed by atoms with Gasteiger partial charge in [0.05, 0.1) is 17.8 Å². The molecule has 44 heavy (non-hydrogen) atoms. The molecule has 0 saturated heterocycles. The molecule has 4 heterocycles. The molecule has 0 bridgehead atoms. The van der Waals surface area contributed by atoms with Crippen molar-refractivity contribution in [1.29, 1.82) is 0 Å². The van der Waals surface area contributed by atoms with Crippen molar-refractivity contribution in [3.8, 4) is 22.4 Å². The van der Waals surface area contributed by atoms with Gasteiger partial charge in [-0.25, -0.2) is 15.2 Å². The van der Waals surface area contributed by atoms with Crippen LogP contribution in [0.25, 0.3) is 22.4 Å². The average molecular weight is 598 g/mol. The van der Waals surface area contributed by atoms with Crippen LogP contribution in [0, 0.1) is 5.92 Å². The number of carbonyl (C=O) groups is 3. The number of fused-ring (bicyclic) bond motifs is 1. The highest BCUT2D eigenvalue weighted by molar-refractivity contribution is 6.07. The van der Waals surface area contributed by atoms with Crippen LogP contribution in [-0.4, -0.2) is 57.7 Å². The van der Waals surface area contributed by atoms with Crippen LogP contribution in [0.3, 0.4) is 0 Å². The van der Waals surface area contributed by atoms with Crippen molar-refractivity contribution in [2.24, 2.45) is 5.92 Å². The van der Waals surface area contributed by atoms with E-state index in [2.05, 4.69) is 43.9 Å². The fourth-order valence-electron chi connectivity index (χ4n) is 5.85. The molecular formula is C33H39N7O4. The summed E-state index contributed by atoms with van der Waals surface area (Å²) in [4.78, 5) is 43.3. The Morgan fingerprint density at radius 2 is 1.89 bits per heavy atom. The Bertz CT molecular complexity index is 1660. The van der Waals surface area contributed by atoms with Crippen LogP contribution in [0.15, 0.2) is 54.4 Å². The van der Waals surface area contributed by atoms with Crippen molar-refractivity contribution in [3.63, 3.8) is 0 Å². The standard InChI is InChI=1S/C33H39N7O4/c1-19-15-24(39(5)38-19)18-40-25-12-14-35-31(42)28(25)27(21-7-6-8-23(16-21)36-32(43)44-33(2,3)4)29(40)22-11-13-34-26(17-22)37-30(41)20-9-10-20/h6-8,11,13,15-17,19-20,38H,9-10,12,14,18H2,1-5H3,(H,35,42)(H,36,43)(H,34,37,41). The van der Waals surface area contributed by atoms with E-state index >= 15 is 0 Å². The number of likely N-dealkylation sites (N-methyl/N-ethyl adjacent to an activating group) is 1. The van der Waals surface area contributed by atoms with Crippen LogP contribution in [0.1, 0.15) is 56.6 Å². The Morgan fingerprint density at radius 3 is 2.59 bits per heavy atom. The van der Waals surface area contributed by atoms with Crippen molar-refractivity contribution in [3.05, 3.63) is 65.6 Å². The van der Waals surface area contributed by atoms with E-state index in [1.165, 1.54) is 0 Å². The molecule has 1 unspecified atom stereocenters. The van der Waals surface area contributed by atoms with Crippen molar-refractivity contribution < 1.29 is 19.1 Å².